The van der Waals surface area contributed by atoms with Crippen LogP contribution in [0, 0.1) is 5.41 Å². The van der Waals surface area contributed by atoms with Gasteiger partial charge < -0.3 is 10.1 Å². The molecule has 2 heteroatoms. The molecule has 0 aliphatic heterocycles. The molecule has 1 atom stereocenters. The van der Waals surface area contributed by atoms with Gasteiger partial charge in [0.05, 0.1) is 0 Å². The predicted octanol–water partition coefficient (Wildman–Crippen LogP) is 3.05. The lowest BCUT2D eigenvalue weighted by Crippen LogP contribution is -2.31. The van der Waals surface area contributed by atoms with Gasteiger partial charge >= 0.3 is 0 Å². The van der Waals surface area contributed by atoms with Crippen molar-refractivity contribution in [2.24, 2.45) is 5.41 Å². The average molecular weight is 229 g/mol. The van der Waals surface area contributed by atoms with Crippen molar-refractivity contribution in [1.82, 2.24) is 4.98 Å². The number of para-hydroxylation sites is 1. The van der Waals surface area contributed by atoms with Crippen LogP contribution in [0.4, 0.5) is 0 Å². The van der Waals surface area contributed by atoms with E-state index in [1.54, 1.807) is 0 Å². The van der Waals surface area contributed by atoms with E-state index in [1.165, 1.54) is 22.2 Å². The van der Waals surface area contributed by atoms with Crippen molar-refractivity contribution in [2.75, 3.05) is 6.61 Å². The van der Waals surface area contributed by atoms with Crippen molar-refractivity contribution >= 4 is 10.9 Å². The SMILES string of the molecule is CCC1(CO)CCc2[nH]c3ccccc3c2C1. The largest absolute Gasteiger partial charge is 0.396 e. The highest BCUT2D eigenvalue weighted by atomic mass is 16.3. The topological polar surface area (TPSA) is 36.0 Å². The minimum atomic E-state index is 0.109. The van der Waals surface area contributed by atoms with Gasteiger partial charge in [0, 0.05) is 23.2 Å². The van der Waals surface area contributed by atoms with Crippen molar-refractivity contribution in [3.8, 4) is 0 Å². The number of hydrogen-bond acceptors (Lipinski definition) is 1. The predicted molar refractivity (Wildman–Crippen MR) is 70.1 cm³/mol. The molecule has 1 aliphatic carbocycles. The normalized spacial score (nSPS) is 23.9. The summed E-state index contributed by atoms with van der Waals surface area (Å²) in [6.45, 7) is 2.50. The summed E-state index contributed by atoms with van der Waals surface area (Å²) < 4.78 is 0. The van der Waals surface area contributed by atoms with Crippen molar-refractivity contribution < 1.29 is 5.11 Å². The number of fused-ring (bicyclic) bond motifs is 3. The Hall–Kier alpha value is -1.28. The second kappa shape index (κ2) is 3.88. The fraction of sp³-hybridized carbons (Fsp3) is 0.467. The number of aliphatic hydroxyl groups is 1. The van der Waals surface area contributed by atoms with E-state index in [0.29, 0.717) is 6.61 Å². The Balaban J connectivity index is 2.11. The van der Waals surface area contributed by atoms with Gasteiger partial charge in [0.15, 0.2) is 0 Å². The van der Waals surface area contributed by atoms with Crippen molar-refractivity contribution in [2.45, 2.75) is 32.6 Å². The molecule has 3 rings (SSSR count). The van der Waals surface area contributed by atoms with Gasteiger partial charge in [-0.2, -0.15) is 0 Å². The fourth-order valence-corrected chi connectivity index (χ4v) is 3.07. The van der Waals surface area contributed by atoms with Crippen molar-refractivity contribution in [3.63, 3.8) is 0 Å². The van der Waals surface area contributed by atoms with E-state index < -0.39 is 0 Å². The number of aryl methyl sites for hydroxylation is 1. The van der Waals surface area contributed by atoms with Crippen LogP contribution in [0.3, 0.4) is 0 Å². The monoisotopic (exact) mass is 229 g/mol. The molecule has 0 fully saturated rings. The number of benzene rings is 1. The first-order valence-electron chi connectivity index (χ1n) is 6.47. The van der Waals surface area contributed by atoms with Crippen LogP contribution in [0.2, 0.25) is 0 Å². The van der Waals surface area contributed by atoms with E-state index in [-0.39, 0.29) is 5.41 Å². The van der Waals surface area contributed by atoms with E-state index in [4.69, 9.17) is 0 Å². The van der Waals surface area contributed by atoms with Gasteiger partial charge in [-0.05, 0) is 42.7 Å². The highest BCUT2D eigenvalue weighted by Gasteiger charge is 2.33. The third-order valence-corrected chi connectivity index (χ3v) is 4.44. The van der Waals surface area contributed by atoms with E-state index in [9.17, 15) is 5.11 Å². The molecule has 17 heavy (non-hydrogen) atoms. The van der Waals surface area contributed by atoms with Gasteiger partial charge in [-0.3, -0.25) is 0 Å². The van der Waals surface area contributed by atoms with Gasteiger partial charge in [-0.25, -0.2) is 0 Å². The zero-order valence-corrected chi connectivity index (χ0v) is 10.3. The Morgan fingerprint density at radius 2 is 2.18 bits per heavy atom. The molecular formula is C15H19NO. The minimum Gasteiger partial charge on any atom is -0.396 e. The second-order valence-corrected chi connectivity index (χ2v) is 5.32. The van der Waals surface area contributed by atoms with E-state index in [1.807, 2.05) is 0 Å². The zero-order chi connectivity index (χ0) is 11.9. The summed E-state index contributed by atoms with van der Waals surface area (Å²) in [5.41, 5.74) is 4.16. The van der Waals surface area contributed by atoms with Gasteiger partial charge in [0.2, 0.25) is 0 Å². The Bertz CT molecular complexity index is 537. The summed E-state index contributed by atoms with van der Waals surface area (Å²) in [6.07, 6.45) is 4.24. The maximum atomic E-state index is 9.67. The molecule has 2 aromatic rings. The molecule has 90 valence electrons. The standard InChI is InChI=1S/C15H19NO/c1-2-15(10-17)8-7-14-12(9-15)11-5-3-4-6-13(11)16-14/h3-6,16-17H,2,7-10H2,1H3. The number of aromatic nitrogens is 1. The number of aliphatic hydroxyl groups excluding tert-OH is 1. The molecule has 0 saturated carbocycles. The Morgan fingerprint density at radius 1 is 1.35 bits per heavy atom. The van der Waals surface area contributed by atoms with Crippen LogP contribution in [-0.2, 0) is 12.8 Å². The molecular weight excluding hydrogens is 210 g/mol. The molecule has 0 radical (unpaired) electrons. The van der Waals surface area contributed by atoms with Crippen molar-refractivity contribution in [3.05, 3.63) is 35.5 Å². The molecule has 1 aromatic heterocycles. The molecule has 1 heterocycles. The number of H-pyrrole nitrogens is 1. The first-order valence-corrected chi connectivity index (χ1v) is 6.47. The Labute approximate surface area is 102 Å². The minimum absolute atomic E-state index is 0.109. The average Bonchev–Trinajstić information content (AvgIpc) is 2.76. The molecule has 0 amide bonds. The third-order valence-electron chi connectivity index (χ3n) is 4.44. The molecule has 1 aliphatic rings. The smallest absolute Gasteiger partial charge is 0.0490 e. The molecule has 1 unspecified atom stereocenters. The number of aromatic amines is 1. The van der Waals surface area contributed by atoms with Gasteiger partial charge in [-0.15, -0.1) is 0 Å². The number of hydrogen-bond donors (Lipinski definition) is 2. The maximum absolute atomic E-state index is 9.67. The second-order valence-electron chi connectivity index (χ2n) is 5.32. The maximum Gasteiger partial charge on any atom is 0.0490 e. The first-order chi connectivity index (χ1) is 8.28. The molecule has 0 spiro atoms. The summed E-state index contributed by atoms with van der Waals surface area (Å²) in [4.78, 5) is 3.52. The molecule has 2 N–H and O–H groups in total. The fourth-order valence-electron chi connectivity index (χ4n) is 3.07. The summed E-state index contributed by atoms with van der Waals surface area (Å²) in [5, 5.41) is 11.0. The highest BCUT2D eigenvalue weighted by Crippen LogP contribution is 2.40. The van der Waals surface area contributed by atoms with Crippen LogP contribution in [-0.4, -0.2) is 16.7 Å². The van der Waals surface area contributed by atoms with Crippen molar-refractivity contribution in [1.29, 1.82) is 0 Å². The van der Waals surface area contributed by atoms with E-state index >= 15 is 0 Å². The Kier molecular flexibility index (Phi) is 2.48. The quantitative estimate of drug-likeness (QED) is 0.815. The van der Waals surface area contributed by atoms with E-state index in [0.717, 1.165) is 25.7 Å². The molecule has 0 saturated heterocycles. The van der Waals surface area contributed by atoms with Crippen LogP contribution in [0.15, 0.2) is 24.3 Å². The third kappa shape index (κ3) is 1.59. The van der Waals surface area contributed by atoms with Crippen LogP contribution >= 0.6 is 0 Å². The van der Waals surface area contributed by atoms with Crippen LogP contribution in [0.25, 0.3) is 10.9 Å². The highest BCUT2D eigenvalue weighted by molar-refractivity contribution is 5.84. The van der Waals surface area contributed by atoms with E-state index in [2.05, 4.69) is 36.2 Å². The lowest BCUT2D eigenvalue weighted by Gasteiger charge is -2.34. The number of rotatable bonds is 2. The molecule has 0 bridgehead atoms. The summed E-state index contributed by atoms with van der Waals surface area (Å²) in [6, 6.07) is 8.50. The molecule has 2 nitrogen and oxygen atoms in total. The zero-order valence-electron chi connectivity index (χ0n) is 10.3. The summed E-state index contributed by atoms with van der Waals surface area (Å²) >= 11 is 0. The van der Waals surface area contributed by atoms with Crippen LogP contribution < -0.4 is 0 Å². The summed E-state index contributed by atoms with van der Waals surface area (Å²) in [5.74, 6) is 0. The molecule has 1 aromatic carbocycles. The van der Waals surface area contributed by atoms with Crippen LogP contribution in [0.5, 0.6) is 0 Å². The Morgan fingerprint density at radius 3 is 2.94 bits per heavy atom. The first kappa shape index (κ1) is 10.8. The lowest BCUT2D eigenvalue weighted by molar-refractivity contribution is 0.104. The van der Waals surface area contributed by atoms with Gasteiger partial charge in [0.25, 0.3) is 0 Å². The summed E-state index contributed by atoms with van der Waals surface area (Å²) in [7, 11) is 0. The van der Waals surface area contributed by atoms with Gasteiger partial charge in [0.1, 0.15) is 0 Å². The number of nitrogens with one attached hydrogen (secondary N) is 1. The van der Waals surface area contributed by atoms with Crippen LogP contribution in [0.1, 0.15) is 31.0 Å². The van der Waals surface area contributed by atoms with Gasteiger partial charge in [-0.1, -0.05) is 25.1 Å². The lowest BCUT2D eigenvalue weighted by atomic mass is 9.71.